The molecule has 1 heterocycles. The number of hydrogen-bond donors (Lipinski definition) is 0. The number of likely N-dealkylation sites (tertiary alicyclic amines) is 1. The third kappa shape index (κ3) is 14.8. The minimum Gasteiger partial charge on any atom is -0.376 e. The van der Waals surface area contributed by atoms with Gasteiger partial charge in [-0.3, -0.25) is 4.79 Å². The Morgan fingerprint density at radius 2 is 1.57 bits per heavy atom. The molecule has 1 atom stereocenters. The van der Waals surface area contributed by atoms with Crippen LogP contribution >= 0.6 is 0 Å². The summed E-state index contributed by atoms with van der Waals surface area (Å²) in [5.74, 6) is 0.222. The van der Waals surface area contributed by atoms with Crippen molar-refractivity contribution in [1.29, 1.82) is 0 Å². The lowest BCUT2D eigenvalue weighted by Crippen LogP contribution is -2.37. The fourth-order valence-electron chi connectivity index (χ4n) is 3.80. The van der Waals surface area contributed by atoms with E-state index < -0.39 is 0 Å². The molecule has 1 unspecified atom stereocenters. The molecular formula is C26H48N2O2. The second-order valence-electron chi connectivity index (χ2n) is 8.94. The standard InChI is InChI=1S/C26H48N2O2/c1-4-5-6-7-8-9-10-11-12-13-14-15-16-17-18-19-22-30-25-20-21-28(23-25)26(29)24-27(2)3/h8-9,11-12,25H,4-7,10,13-24H2,1-3H3/b9-8-,12-11-. The van der Waals surface area contributed by atoms with Crippen LogP contribution in [-0.2, 0) is 9.53 Å². The van der Waals surface area contributed by atoms with Gasteiger partial charge in [-0.1, -0.05) is 69.8 Å². The summed E-state index contributed by atoms with van der Waals surface area (Å²) in [4.78, 5) is 15.9. The molecule has 1 amide bonds. The van der Waals surface area contributed by atoms with E-state index in [-0.39, 0.29) is 12.0 Å². The van der Waals surface area contributed by atoms with Crippen LogP contribution in [0.25, 0.3) is 0 Å². The number of ether oxygens (including phenoxy) is 1. The lowest BCUT2D eigenvalue weighted by molar-refractivity contribution is -0.131. The van der Waals surface area contributed by atoms with Crippen LogP contribution in [0.15, 0.2) is 24.3 Å². The fourth-order valence-corrected chi connectivity index (χ4v) is 3.80. The van der Waals surface area contributed by atoms with Gasteiger partial charge in [0, 0.05) is 19.7 Å². The van der Waals surface area contributed by atoms with E-state index >= 15 is 0 Å². The Kier molecular flexibility index (Phi) is 16.7. The largest absolute Gasteiger partial charge is 0.376 e. The maximum atomic E-state index is 12.1. The quantitative estimate of drug-likeness (QED) is 0.202. The third-order valence-electron chi connectivity index (χ3n) is 5.65. The molecule has 4 nitrogen and oxygen atoms in total. The first-order valence-electron chi connectivity index (χ1n) is 12.5. The van der Waals surface area contributed by atoms with Gasteiger partial charge in [0.15, 0.2) is 0 Å². The van der Waals surface area contributed by atoms with Crippen LogP contribution < -0.4 is 0 Å². The van der Waals surface area contributed by atoms with Gasteiger partial charge in [-0.15, -0.1) is 0 Å². The van der Waals surface area contributed by atoms with Gasteiger partial charge in [0.2, 0.25) is 5.91 Å². The van der Waals surface area contributed by atoms with Crippen molar-refractivity contribution in [2.75, 3.05) is 40.3 Å². The molecule has 0 aliphatic carbocycles. The molecule has 0 aromatic carbocycles. The molecule has 0 aromatic heterocycles. The van der Waals surface area contributed by atoms with Crippen LogP contribution in [0, 0.1) is 0 Å². The molecule has 0 N–H and O–H groups in total. The molecule has 30 heavy (non-hydrogen) atoms. The van der Waals surface area contributed by atoms with Crippen molar-refractivity contribution in [2.24, 2.45) is 0 Å². The SMILES string of the molecule is CCCCC/C=C\C/C=C\CCCCCCCCOC1CCN(C(=O)CN(C)C)C1. The van der Waals surface area contributed by atoms with Crippen molar-refractivity contribution < 1.29 is 9.53 Å². The van der Waals surface area contributed by atoms with Crippen LogP contribution in [0.5, 0.6) is 0 Å². The van der Waals surface area contributed by atoms with Crippen molar-refractivity contribution in [3.05, 3.63) is 24.3 Å². The summed E-state index contributed by atoms with van der Waals surface area (Å²) in [6, 6.07) is 0. The Morgan fingerprint density at radius 3 is 2.23 bits per heavy atom. The summed E-state index contributed by atoms with van der Waals surface area (Å²) in [5, 5.41) is 0. The summed E-state index contributed by atoms with van der Waals surface area (Å²) in [6.45, 7) is 5.22. The van der Waals surface area contributed by atoms with E-state index in [1.165, 1.54) is 64.2 Å². The summed E-state index contributed by atoms with van der Waals surface area (Å²) in [7, 11) is 3.88. The normalized spacial score (nSPS) is 17.2. The van der Waals surface area contributed by atoms with Crippen molar-refractivity contribution in [3.63, 3.8) is 0 Å². The Hall–Kier alpha value is -1.13. The molecule has 0 aromatic rings. The number of hydrogen-bond acceptors (Lipinski definition) is 3. The Bertz CT molecular complexity index is 474. The first kappa shape index (κ1) is 26.9. The smallest absolute Gasteiger partial charge is 0.236 e. The van der Waals surface area contributed by atoms with Crippen molar-refractivity contribution in [3.8, 4) is 0 Å². The van der Waals surface area contributed by atoms with E-state index in [9.17, 15) is 4.79 Å². The Balaban J connectivity index is 1.85. The highest BCUT2D eigenvalue weighted by atomic mass is 16.5. The lowest BCUT2D eigenvalue weighted by atomic mass is 10.1. The van der Waals surface area contributed by atoms with E-state index in [4.69, 9.17) is 4.74 Å². The molecule has 1 saturated heterocycles. The second kappa shape index (κ2) is 18.6. The van der Waals surface area contributed by atoms with E-state index in [0.717, 1.165) is 39.0 Å². The molecule has 1 aliphatic heterocycles. The molecule has 0 bridgehead atoms. The molecular weight excluding hydrogens is 372 g/mol. The van der Waals surface area contributed by atoms with E-state index in [1.807, 2.05) is 23.9 Å². The van der Waals surface area contributed by atoms with Gasteiger partial charge in [0.1, 0.15) is 0 Å². The van der Waals surface area contributed by atoms with Crippen LogP contribution in [0.4, 0.5) is 0 Å². The minimum atomic E-state index is 0.222. The number of carbonyl (C=O) groups excluding carboxylic acids is 1. The van der Waals surface area contributed by atoms with Crippen molar-refractivity contribution >= 4 is 5.91 Å². The molecule has 1 fully saturated rings. The minimum absolute atomic E-state index is 0.222. The van der Waals surface area contributed by atoms with Gasteiger partial charge in [-0.2, -0.15) is 0 Å². The molecule has 0 saturated carbocycles. The number of likely N-dealkylation sites (N-methyl/N-ethyl adjacent to an activating group) is 1. The summed E-state index contributed by atoms with van der Waals surface area (Å²) < 4.78 is 5.99. The lowest BCUT2D eigenvalue weighted by Gasteiger charge is -2.19. The molecule has 0 spiro atoms. The van der Waals surface area contributed by atoms with E-state index in [0.29, 0.717) is 6.54 Å². The van der Waals surface area contributed by atoms with Crippen LogP contribution in [0.3, 0.4) is 0 Å². The predicted molar refractivity (Wildman–Crippen MR) is 129 cm³/mol. The highest BCUT2D eigenvalue weighted by Gasteiger charge is 2.26. The zero-order valence-electron chi connectivity index (χ0n) is 20.1. The number of allylic oxidation sites excluding steroid dienone is 4. The van der Waals surface area contributed by atoms with Crippen LogP contribution in [-0.4, -0.2) is 62.1 Å². The molecule has 174 valence electrons. The number of unbranched alkanes of at least 4 members (excludes halogenated alkanes) is 9. The third-order valence-corrected chi connectivity index (χ3v) is 5.65. The Morgan fingerprint density at radius 1 is 0.933 bits per heavy atom. The van der Waals surface area contributed by atoms with Gasteiger partial charge in [-0.25, -0.2) is 0 Å². The predicted octanol–water partition coefficient (Wildman–Crippen LogP) is 5.98. The van der Waals surface area contributed by atoms with Crippen molar-refractivity contribution in [1.82, 2.24) is 9.80 Å². The summed E-state index contributed by atoms with van der Waals surface area (Å²) in [5.41, 5.74) is 0. The van der Waals surface area contributed by atoms with Gasteiger partial charge in [-0.05, 0) is 59.0 Å². The molecule has 1 aliphatic rings. The fraction of sp³-hybridized carbons (Fsp3) is 0.808. The number of nitrogens with zero attached hydrogens (tertiary/aromatic N) is 2. The van der Waals surface area contributed by atoms with Gasteiger partial charge >= 0.3 is 0 Å². The van der Waals surface area contributed by atoms with Gasteiger partial charge in [0.05, 0.1) is 12.6 Å². The van der Waals surface area contributed by atoms with Crippen LogP contribution in [0.1, 0.15) is 90.4 Å². The summed E-state index contributed by atoms with van der Waals surface area (Å²) in [6.07, 6.45) is 25.8. The average molecular weight is 421 g/mol. The molecule has 1 rings (SSSR count). The highest BCUT2D eigenvalue weighted by molar-refractivity contribution is 5.78. The molecule has 4 heteroatoms. The van der Waals surface area contributed by atoms with E-state index in [1.54, 1.807) is 0 Å². The van der Waals surface area contributed by atoms with Gasteiger partial charge < -0.3 is 14.5 Å². The summed E-state index contributed by atoms with van der Waals surface area (Å²) >= 11 is 0. The highest BCUT2D eigenvalue weighted by Crippen LogP contribution is 2.14. The maximum Gasteiger partial charge on any atom is 0.236 e. The monoisotopic (exact) mass is 420 g/mol. The number of rotatable bonds is 18. The van der Waals surface area contributed by atoms with Gasteiger partial charge in [0.25, 0.3) is 0 Å². The topological polar surface area (TPSA) is 32.8 Å². The maximum absolute atomic E-state index is 12.1. The average Bonchev–Trinajstić information content (AvgIpc) is 3.19. The number of carbonyl (C=O) groups is 1. The first-order chi connectivity index (χ1) is 14.6. The number of amides is 1. The zero-order valence-corrected chi connectivity index (χ0v) is 20.1. The molecule has 0 radical (unpaired) electrons. The Labute approximate surface area is 186 Å². The van der Waals surface area contributed by atoms with Crippen LogP contribution in [0.2, 0.25) is 0 Å². The second-order valence-corrected chi connectivity index (χ2v) is 8.94. The zero-order chi connectivity index (χ0) is 21.9. The van der Waals surface area contributed by atoms with E-state index in [2.05, 4.69) is 31.2 Å². The van der Waals surface area contributed by atoms with Crippen molar-refractivity contribution in [2.45, 2.75) is 96.5 Å². The first-order valence-corrected chi connectivity index (χ1v) is 12.5.